The lowest BCUT2D eigenvalue weighted by atomic mass is 9.78. The van der Waals surface area contributed by atoms with Crippen LogP contribution in [0.2, 0.25) is 0 Å². The van der Waals surface area contributed by atoms with Crippen LogP contribution in [-0.2, 0) is 22.6 Å². The lowest BCUT2D eigenvalue weighted by molar-refractivity contribution is -0.0735. The summed E-state index contributed by atoms with van der Waals surface area (Å²) in [5, 5.41) is 0. The minimum Gasteiger partial charge on any atom is -0.377 e. The monoisotopic (exact) mass is 367 g/mol. The van der Waals surface area contributed by atoms with E-state index in [1.807, 2.05) is 36.8 Å². The van der Waals surface area contributed by atoms with Crippen LogP contribution in [0.3, 0.4) is 0 Å². The summed E-state index contributed by atoms with van der Waals surface area (Å²) in [4.78, 5) is 11.0. The number of hydrogen-bond donors (Lipinski definition) is 0. The highest BCUT2D eigenvalue weighted by atomic mass is 16.5. The zero-order valence-electron chi connectivity index (χ0n) is 15.9. The third-order valence-corrected chi connectivity index (χ3v) is 6.04. The van der Waals surface area contributed by atoms with Gasteiger partial charge in [-0.25, -0.2) is 0 Å². The lowest BCUT2D eigenvalue weighted by Gasteiger charge is -2.42. The summed E-state index contributed by atoms with van der Waals surface area (Å²) >= 11 is 0. The largest absolute Gasteiger partial charge is 0.377 e. The molecule has 5 heteroatoms. The van der Waals surface area contributed by atoms with Gasteiger partial charge in [0.2, 0.25) is 0 Å². The first-order chi connectivity index (χ1) is 13.3. The molecule has 0 amide bonds. The Hall–Kier alpha value is -1.82. The van der Waals surface area contributed by atoms with Gasteiger partial charge >= 0.3 is 0 Å². The van der Waals surface area contributed by atoms with Crippen molar-refractivity contribution in [2.24, 2.45) is 5.92 Å². The molecule has 2 fully saturated rings. The van der Waals surface area contributed by atoms with Gasteiger partial charge in [-0.1, -0.05) is 6.07 Å². The highest BCUT2D eigenvalue weighted by molar-refractivity contribution is 5.08. The van der Waals surface area contributed by atoms with Gasteiger partial charge in [-0.15, -0.1) is 0 Å². The molecule has 2 saturated heterocycles. The zero-order valence-corrected chi connectivity index (χ0v) is 15.9. The number of rotatable bonds is 7. The van der Waals surface area contributed by atoms with E-state index in [9.17, 15) is 0 Å². The van der Waals surface area contributed by atoms with Crippen LogP contribution in [0, 0.1) is 5.92 Å². The Bertz CT molecular complexity index is 687. The molecule has 0 aromatic carbocycles. The Morgan fingerprint density at radius 2 is 1.96 bits per heavy atom. The smallest absolute Gasteiger partial charge is 0.0736 e. The van der Waals surface area contributed by atoms with Crippen LogP contribution in [-0.4, -0.2) is 46.8 Å². The molecule has 0 saturated carbocycles. The molecule has 1 atom stereocenters. The summed E-state index contributed by atoms with van der Waals surface area (Å²) in [6.45, 7) is 5.48. The molecule has 144 valence electrons. The number of hydrogen-bond acceptors (Lipinski definition) is 5. The number of ether oxygens (including phenoxy) is 2. The van der Waals surface area contributed by atoms with Crippen molar-refractivity contribution in [3.05, 3.63) is 60.2 Å². The number of pyridine rings is 2. The van der Waals surface area contributed by atoms with Gasteiger partial charge in [0.25, 0.3) is 0 Å². The van der Waals surface area contributed by atoms with Crippen LogP contribution in [0.5, 0.6) is 0 Å². The minimum absolute atomic E-state index is 0.0701. The van der Waals surface area contributed by atoms with Gasteiger partial charge < -0.3 is 9.47 Å². The second kappa shape index (κ2) is 8.91. The van der Waals surface area contributed by atoms with Gasteiger partial charge in [0.1, 0.15) is 0 Å². The van der Waals surface area contributed by atoms with Crippen LogP contribution in [0.15, 0.2) is 48.9 Å². The van der Waals surface area contributed by atoms with Crippen LogP contribution < -0.4 is 0 Å². The van der Waals surface area contributed by atoms with Crippen LogP contribution >= 0.6 is 0 Å². The molecule has 2 aliphatic rings. The zero-order chi connectivity index (χ0) is 18.4. The summed E-state index contributed by atoms with van der Waals surface area (Å²) < 4.78 is 12.2. The minimum atomic E-state index is 0.0701. The fourth-order valence-electron chi connectivity index (χ4n) is 4.45. The van der Waals surface area contributed by atoms with Crippen molar-refractivity contribution in [3.63, 3.8) is 0 Å². The fourth-order valence-corrected chi connectivity index (χ4v) is 4.45. The van der Waals surface area contributed by atoms with Gasteiger partial charge in [-0.2, -0.15) is 0 Å². The van der Waals surface area contributed by atoms with Crippen molar-refractivity contribution in [1.82, 2.24) is 14.9 Å². The molecular formula is C22H29N3O2. The van der Waals surface area contributed by atoms with Crippen LogP contribution in [0.25, 0.3) is 0 Å². The van der Waals surface area contributed by atoms with E-state index in [4.69, 9.17) is 9.47 Å². The Balaban J connectivity index is 1.23. The fraction of sp³-hybridized carbons (Fsp3) is 0.545. The Morgan fingerprint density at radius 3 is 2.74 bits per heavy atom. The normalized spacial score (nSPS) is 22.3. The summed E-state index contributed by atoms with van der Waals surface area (Å²) in [6, 6.07) is 10.2. The molecule has 5 nitrogen and oxygen atoms in total. The van der Waals surface area contributed by atoms with Gasteiger partial charge in [0, 0.05) is 51.4 Å². The van der Waals surface area contributed by atoms with E-state index in [0.29, 0.717) is 12.5 Å². The van der Waals surface area contributed by atoms with Crippen molar-refractivity contribution in [1.29, 1.82) is 0 Å². The molecule has 0 unspecified atom stereocenters. The number of piperidine rings is 1. The first kappa shape index (κ1) is 18.5. The van der Waals surface area contributed by atoms with Crippen molar-refractivity contribution in [2.75, 3.05) is 26.3 Å². The Labute approximate surface area is 161 Å². The second-order valence-corrected chi connectivity index (χ2v) is 7.69. The molecule has 0 radical (unpaired) electrons. The predicted octanol–water partition coefficient (Wildman–Crippen LogP) is 3.45. The van der Waals surface area contributed by atoms with Crippen molar-refractivity contribution in [3.8, 4) is 0 Å². The molecule has 0 aliphatic carbocycles. The molecule has 4 heterocycles. The molecular weight excluding hydrogens is 338 g/mol. The predicted molar refractivity (Wildman–Crippen MR) is 104 cm³/mol. The van der Waals surface area contributed by atoms with Gasteiger partial charge in [-0.3, -0.25) is 14.9 Å². The third kappa shape index (κ3) is 4.72. The van der Waals surface area contributed by atoms with Crippen LogP contribution in [0.1, 0.15) is 36.9 Å². The summed E-state index contributed by atoms with van der Waals surface area (Å²) in [7, 11) is 0. The Kier molecular flexibility index (Phi) is 6.12. The number of nitrogens with zero attached hydrogens (tertiary/aromatic N) is 3. The Morgan fingerprint density at radius 1 is 1.11 bits per heavy atom. The average Bonchev–Trinajstić information content (AvgIpc) is 3.11. The maximum Gasteiger partial charge on any atom is 0.0736 e. The standard InChI is InChI=1S/C22H29N3O2/c1-2-10-24-21(3-1)17-25-13-8-22(9-14-25)20(7-16-27-22)6-15-26-18-19-4-11-23-12-5-19/h1-5,10-12,20H,6-9,13-18H2/t20-/m0/s1. The summed E-state index contributed by atoms with van der Waals surface area (Å²) in [5.41, 5.74) is 2.41. The first-order valence-corrected chi connectivity index (χ1v) is 10.1. The van der Waals surface area contributed by atoms with Crippen molar-refractivity contribution < 1.29 is 9.47 Å². The topological polar surface area (TPSA) is 47.5 Å². The highest BCUT2D eigenvalue weighted by Gasteiger charge is 2.45. The molecule has 2 aromatic heterocycles. The molecule has 4 rings (SSSR count). The average molecular weight is 367 g/mol. The molecule has 0 N–H and O–H groups in total. The van der Waals surface area contributed by atoms with Crippen molar-refractivity contribution in [2.45, 2.75) is 44.4 Å². The van der Waals surface area contributed by atoms with E-state index in [1.165, 1.54) is 12.0 Å². The molecule has 27 heavy (non-hydrogen) atoms. The third-order valence-electron chi connectivity index (χ3n) is 6.04. The number of aromatic nitrogens is 2. The molecule has 2 aliphatic heterocycles. The maximum absolute atomic E-state index is 6.30. The van der Waals surface area contributed by atoms with Crippen LogP contribution in [0.4, 0.5) is 0 Å². The molecule has 1 spiro atoms. The summed E-state index contributed by atoms with van der Waals surface area (Å²) in [6.07, 6.45) is 10.0. The quantitative estimate of drug-likeness (QED) is 0.702. The van der Waals surface area contributed by atoms with E-state index in [-0.39, 0.29) is 5.60 Å². The van der Waals surface area contributed by atoms with Crippen molar-refractivity contribution >= 4 is 0 Å². The highest BCUT2D eigenvalue weighted by Crippen LogP contribution is 2.42. The SMILES string of the molecule is c1ccc(CN2CCC3(CC2)OCC[C@@H]3CCOCc2ccncc2)nc1. The van der Waals surface area contributed by atoms with E-state index in [0.717, 1.165) is 57.8 Å². The van der Waals surface area contributed by atoms with E-state index in [1.54, 1.807) is 0 Å². The number of likely N-dealkylation sites (tertiary alicyclic amines) is 1. The first-order valence-electron chi connectivity index (χ1n) is 10.1. The van der Waals surface area contributed by atoms with Gasteiger partial charge in [-0.05, 0) is 61.4 Å². The molecule has 2 aromatic rings. The van der Waals surface area contributed by atoms with E-state index >= 15 is 0 Å². The van der Waals surface area contributed by atoms with E-state index in [2.05, 4.69) is 27.0 Å². The molecule has 0 bridgehead atoms. The lowest BCUT2D eigenvalue weighted by Crippen LogP contribution is -2.47. The van der Waals surface area contributed by atoms with E-state index < -0.39 is 0 Å². The second-order valence-electron chi connectivity index (χ2n) is 7.69. The summed E-state index contributed by atoms with van der Waals surface area (Å²) in [5.74, 6) is 0.618. The maximum atomic E-state index is 6.30. The van der Waals surface area contributed by atoms with Gasteiger partial charge in [0.05, 0.1) is 17.9 Å². The van der Waals surface area contributed by atoms with Gasteiger partial charge in [0.15, 0.2) is 0 Å².